The molecule has 0 aliphatic heterocycles. The number of aliphatic hydroxyl groups is 2. The molecule has 62 valence electrons. The third kappa shape index (κ3) is 6.01. The van der Waals surface area contributed by atoms with E-state index in [4.69, 9.17) is 10.2 Å². The van der Waals surface area contributed by atoms with E-state index in [1.807, 2.05) is 7.05 Å². The zero-order valence-electron chi connectivity index (χ0n) is 6.58. The van der Waals surface area contributed by atoms with Gasteiger partial charge in [-0.05, 0) is 26.4 Å². The topological polar surface area (TPSA) is 43.7 Å². The fourth-order valence-electron chi connectivity index (χ4n) is 0.776. The Morgan fingerprint density at radius 2 is 1.70 bits per heavy atom. The third-order valence-corrected chi connectivity index (χ3v) is 1.43. The molecule has 0 unspecified atom stereocenters. The van der Waals surface area contributed by atoms with Crippen LogP contribution in [-0.2, 0) is 0 Å². The number of hydrogen-bond acceptors (Lipinski definition) is 3. The van der Waals surface area contributed by atoms with Crippen LogP contribution in [0.2, 0.25) is 0 Å². The minimum atomic E-state index is 0.218. The smallest absolute Gasteiger partial charge is 0.0558 e. The molecule has 0 aromatic carbocycles. The molecule has 0 aromatic heterocycles. The largest absolute Gasteiger partial charge is 0.396 e. The molecular weight excluding hydrogens is 130 g/mol. The third-order valence-electron chi connectivity index (χ3n) is 1.43. The second kappa shape index (κ2) is 6.99. The predicted octanol–water partition coefficient (Wildman–Crippen LogP) is -0.317. The molecule has 0 atom stereocenters. The maximum Gasteiger partial charge on any atom is 0.0558 e. The van der Waals surface area contributed by atoms with Crippen LogP contribution in [-0.4, -0.2) is 48.5 Å². The molecule has 0 rings (SSSR count). The van der Waals surface area contributed by atoms with Gasteiger partial charge in [-0.2, -0.15) is 0 Å². The Morgan fingerprint density at radius 3 is 2.20 bits per heavy atom. The van der Waals surface area contributed by atoms with Crippen LogP contribution in [0.3, 0.4) is 0 Å². The number of hydrogen-bond donors (Lipinski definition) is 2. The number of nitrogens with zero attached hydrogens (tertiary/aromatic N) is 1. The van der Waals surface area contributed by atoms with Gasteiger partial charge < -0.3 is 15.1 Å². The van der Waals surface area contributed by atoms with Crippen molar-refractivity contribution in [3.63, 3.8) is 0 Å². The number of aliphatic hydroxyl groups excluding tert-OH is 2. The summed E-state index contributed by atoms with van der Waals surface area (Å²) < 4.78 is 0. The van der Waals surface area contributed by atoms with E-state index in [1.54, 1.807) is 0 Å². The lowest BCUT2D eigenvalue weighted by Gasteiger charge is -2.13. The number of rotatable bonds is 6. The van der Waals surface area contributed by atoms with Gasteiger partial charge in [0.15, 0.2) is 0 Å². The second-order valence-electron chi connectivity index (χ2n) is 2.46. The molecule has 0 amide bonds. The van der Waals surface area contributed by atoms with Crippen LogP contribution in [0.4, 0.5) is 0 Å². The Kier molecular flexibility index (Phi) is 6.91. The zero-order chi connectivity index (χ0) is 7.82. The molecule has 0 saturated carbocycles. The molecule has 0 spiro atoms. The quantitative estimate of drug-likeness (QED) is 0.506. The van der Waals surface area contributed by atoms with Gasteiger partial charge in [-0.25, -0.2) is 0 Å². The second-order valence-corrected chi connectivity index (χ2v) is 2.46. The van der Waals surface area contributed by atoms with Crippen LogP contribution in [0.1, 0.15) is 12.8 Å². The monoisotopic (exact) mass is 147 g/mol. The zero-order valence-corrected chi connectivity index (χ0v) is 6.58. The fraction of sp³-hybridized carbons (Fsp3) is 1.00. The Balaban J connectivity index is 2.97. The Morgan fingerprint density at radius 1 is 1.00 bits per heavy atom. The molecule has 0 bridgehead atoms. The minimum Gasteiger partial charge on any atom is -0.396 e. The van der Waals surface area contributed by atoms with Gasteiger partial charge in [-0.1, -0.05) is 0 Å². The molecule has 0 saturated heterocycles. The first-order valence-corrected chi connectivity index (χ1v) is 3.71. The standard InChI is InChI=1S/C7H17NO2/c1-8(5-7-10)4-2-3-6-9/h9-10H,2-7H2,1H3. The summed E-state index contributed by atoms with van der Waals surface area (Å²) in [6.45, 7) is 2.18. The maximum atomic E-state index is 8.50. The van der Waals surface area contributed by atoms with Crippen LogP contribution in [0.25, 0.3) is 0 Å². The lowest BCUT2D eigenvalue weighted by Crippen LogP contribution is -2.23. The van der Waals surface area contributed by atoms with Crippen molar-refractivity contribution in [3.05, 3.63) is 0 Å². The molecule has 0 aliphatic rings. The highest BCUT2D eigenvalue weighted by Gasteiger charge is 1.94. The van der Waals surface area contributed by atoms with Gasteiger partial charge in [0.2, 0.25) is 0 Å². The fourth-order valence-corrected chi connectivity index (χ4v) is 0.776. The van der Waals surface area contributed by atoms with Gasteiger partial charge in [0.1, 0.15) is 0 Å². The van der Waals surface area contributed by atoms with E-state index in [1.165, 1.54) is 0 Å². The predicted molar refractivity (Wildman–Crippen MR) is 40.9 cm³/mol. The molecular formula is C7H17NO2. The maximum absolute atomic E-state index is 8.50. The van der Waals surface area contributed by atoms with E-state index in [0.29, 0.717) is 0 Å². The molecule has 0 fully saturated rings. The van der Waals surface area contributed by atoms with Gasteiger partial charge in [0, 0.05) is 13.2 Å². The van der Waals surface area contributed by atoms with E-state index < -0.39 is 0 Å². The first-order chi connectivity index (χ1) is 4.81. The van der Waals surface area contributed by atoms with Gasteiger partial charge >= 0.3 is 0 Å². The van der Waals surface area contributed by atoms with Crippen molar-refractivity contribution < 1.29 is 10.2 Å². The van der Waals surface area contributed by atoms with Crippen molar-refractivity contribution >= 4 is 0 Å². The van der Waals surface area contributed by atoms with Crippen molar-refractivity contribution in [2.24, 2.45) is 0 Å². The summed E-state index contributed by atoms with van der Waals surface area (Å²) in [5, 5.41) is 16.9. The molecule has 10 heavy (non-hydrogen) atoms. The molecule has 3 heteroatoms. The average Bonchev–Trinajstić information content (AvgIpc) is 1.89. The Hall–Kier alpha value is -0.120. The van der Waals surface area contributed by atoms with Crippen molar-refractivity contribution in [2.45, 2.75) is 12.8 Å². The first-order valence-electron chi connectivity index (χ1n) is 3.71. The highest BCUT2D eigenvalue weighted by atomic mass is 16.3. The SMILES string of the molecule is CN(CCO)CCCCO. The van der Waals surface area contributed by atoms with Crippen molar-refractivity contribution in [3.8, 4) is 0 Å². The molecule has 0 radical (unpaired) electrons. The van der Waals surface area contributed by atoms with E-state index in [2.05, 4.69) is 4.90 Å². The van der Waals surface area contributed by atoms with Gasteiger partial charge in [0.25, 0.3) is 0 Å². The van der Waals surface area contributed by atoms with Crippen LogP contribution in [0.15, 0.2) is 0 Å². The summed E-state index contributed by atoms with van der Waals surface area (Å²) in [6.07, 6.45) is 1.86. The van der Waals surface area contributed by atoms with Crippen molar-refractivity contribution in [1.82, 2.24) is 4.90 Å². The van der Waals surface area contributed by atoms with Crippen molar-refractivity contribution in [2.75, 3.05) is 33.4 Å². The molecule has 2 N–H and O–H groups in total. The highest BCUT2D eigenvalue weighted by molar-refractivity contribution is 4.49. The van der Waals surface area contributed by atoms with Gasteiger partial charge in [0.05, 0.1) is 6.61 Å². The normalized spacial score (nSPS) is 10.8. The summed E-state index contributed by atoms with van der Waals surface area (Å²) in [5.41, 5.74) is 0. The Labute approximate surface area is 62.3 Å². The first kappa shape index (κ1) is 9.88. The summed E-state index contributed by atoms with van der Waals surface area (Å²) in [6, 6.07) is 0. The lowest BCUT2D eigenvalue weighted by atomic mass is 10.3. The van der Waals surface area contributed by atoms with E-state index >= 15 is 0 Å². The highest BCUT2D eigenvalue weighted by Crippen LogP contribution is 1.90. The van der Waals surface area contributed by atoms with Crippen LogP contribution in [0, 0.1) is 0 Å². The molecule has 0 aliphatic carbocycles. The molecule has 0 heterocycles. The van der Waals surface area contributed by atoms with Gasteiger partial charge in [-0.15, -0.1) is 0 Å². The van der Waals surface area contributed by atoms with Crippen LogP contribution < -0.4 is 0 Å². The van der Waals surface area contributed by atoms with Crippen LogP contribution >= 0.6 is 0 Å². The molecule has 0 aromatic rings. The number of likely N-dealkylation sites (N-methyl/N-ethyl adjacent to an activating group) is 1. The van der Waals surface area contributed by atoms with E-state index in [-0.39, 0.29) is 13.2 Å². The lowest BCUT2D eigenvalue weighted by molar-refractivity contribution is 0.212. The van der Waals surface area contributed by atoms with Crippen LogP contribution in [0.5, 0.6) is 0 Å². The minimum absolute atomic E-state index is 0.218. The summed E-state index contributed by atoms with van der Waals surface area (Å²) >= 11 is 0. The summed E-state index contributed by atoms with van der Waals surface area (Å²) in [4.78, 5) is 2.05. The Bertz CT molecular complexity index is 68.6. The summed E-state index contributed by atoms with van der Waals surface area (Å²) in [7, 11) is 1.97. The van der Waals surface area contributed by atoms with Gasteiger partial charge in [-0.3, -0.25) is 0 Å². The van der Waals surface area contributed by atoms with Crippen molar-refractivity contribution in [1.29, 1.82) is 0 Å². The number of unbranched alkanes of at least 4 members (excludes halogenated alkanes) is 1. The average molecular weight is 147 g/mol. The summed E-state index contributed by atoms with van der Waals surface area (Å²) in [5.74, 6) is 0. The molecule has 3 nitrogen and oxygen atoms in total. The van der Waals surface area contributed by atoms with E-state index in [0.717, 1.165) is 25.9 Å². The van der Waals surface area contributed by atoms with E-state index in [9.17, 15) is 0 Å².